The average molecular weight is 265 g/mol. The molecule has 0 spiro atoms. The maximum Gasteiger partial charge on any atom is 0.0459 e. The van der Waals surface area contributed by atoms with Crippen LogP contribution in [0.2, 0.25) is 0 Å². The van der Waals surface area contributed by atoms with Crippen LogP contribution >= 0.6 is 0 Å². The molecular weight excluding hydrogens is 246 g/mol. The molecule has 0 atom stereocenters. The van der Waals surface area contributed by atoms with Gasteiger partial charge in [-0.15, -0.1) is 0 Å². The van der Waals surface area contributed by atoms with Gasteiger partial charge in [-0.1, -0.05) is 30.3 Å². The summed E-state index contributed by atoms with van der Waals surface area (Å²) in [4.78, 5) is 3.43. The average Bonchev–Trinajstić information content (AvgIpc) is 2.77. The van der Waals surface area contributed by atoms with Crippen molar-refractivity contribution >= 4 is 16.6 Å². The number of aryl methyl sites for hydroxylation is 1. The first kappa shape index (κ1) is 12.8. The topological polar surface area (TPSA) is 53.8 Å². The van der Waals surface area contributed by atoms with Crippen molar-refractivity contribution in [2.24, 2.45) is 0 Å². The molecule has 0 aliphatic carbocycles. The number of aromatic amines is 1. The van der Waals surface area contributed by atoms with Crippen LogP contribution in [-0.4, -0.2) is 4.98 Å². The first-order chi connectivity index (χ1) is 9.74. The molecule has 0 aliphatic heterocycles. The standard InChI is InChI=1S/C17H19N3/c1-12-16(15-4-2-3-5-17(15)20-12)11-19-10-13-6-8-14(18)9-7-13/h2-9,19-20H,10-11,18H2,1H3. The van der Waals surface area contributed by atoms with Crippen molar-refractivity contribution in [2.45, 2.75) is 20.0 Å². The summed E-state index contributed by atoms with van der Waals surface area (Å²) < 4.78 is 0. The Labute approximate surface area is 118 Å². The van der Waals surface area contributed by atoms with Crippen LogP contribution in [0.1, 0.15) is 16.8 Å². The molecule has 0 fully saturated rings. The number of nitrogens with one attached hydrogen (secondary N) is 2. The van der Waals surface area contributed by atoms with E-state index in [9.17, 15) is 0 Å². The minimum absolute atomic E-state index is 0.807. The predicted octanol–water partition coefficient (Wildman–Crippen LogP) is 3.35. The molecule has 2 aromatic carbocycles. The Morgan fingerprint density at radius 3 is 2.55 bits per heavy atom. The Kier molecular flexibility index (Phi) is 3.44. The van der Waals surface area contributed by atoms with Crippen LogP contribution in [-0.2, 0) is 13.1 Å². The second kappa shape index (κ2) is 5.39. The SMILES string of the molecule is Cc1[nH]c2ccccc2c1CNCc1ccc(N)cc1. The van der Waals surface area contributed by atoms with E-state index in [0.29, 0.717) is 0 Å². The van der Waals surface area contributed by atoms with Crippen molar-refractivity contribution < 1.29 is 0 Å². The van der Waals surface area contributed by atoms with E-state index >= 15 is 0 Å². The van der Waals surface area contributed by atoms with Gasteiger partial charge in [0.2, 0.25) is 0 Å². The highest BCUT2D eigenvalue weighted by molar-refractivity contribution is 5.84. The minimum Gasteiger partial charge on any atom is -0.399 e. The van der Waals surface area contributed by atoms with E-state index in [0.717, 1.165) is 18.8 Å². The number of aromatic nitrogens is 1. The van der Waals surface area contributed by atoms with Gasteiger partial charge >= 0.3 is 0 Å². The van der Waals surface area contributed by atoms with Crippen molar-refractivity contribution in [2.75, 3.05) is 5.73 Å². The van der Waals surface area contributed by atoms with Crippen molar-refractivity contribution in [3.8, 4) is 0 Å². The molecule has 0 unspecified atom stereocenters. The van der Waals surface area contributed by atoms with E-state index in [4.69, 9.17) is 5.73 Å². The van der Waals surface area contributed by atoms with Crippen LogP contribution in [0, 0.1) is 6.92 Å². The third kappa shape index (κ3) is 2.53. The Balaban J connectivity index is 1.71. The largest absolute Gasteiger partial charge is 0.399 e. The van der Waals surface area contributed by atoms with Crippen molar-refractivity contribution in [1.82, 2.24) is 10.3 Å². The highest BCUT2D eigenvalue weighted by Crippen LogP contribution is 2.21. The lowest BCUT2D eigenvalue weighted by Crippen LogP contribution is -2.13. The van der Waals surface area contributed by atoms with Gasteiger partial charge in [0.15, 0.2) is 0 Å². The van der Waals surface area contributed by atoms with Crippen LogP contribution in [0.4, 0.5) is 5.69 Å². The van der Waals surface area contributed by atoms with E-state index in [2.05, 4.69) is 53.6 Å². The lowest BCUT2D eigenvalue weighted by molar-refractivity contribution is 0.693. The maximum atomic E-state index is 5.69. The number of fused-ring (bicyclic) bond motifs is 1. The molecule has 0 aliphatic rings. The molecule has 0 amide bonds. The van der Waals surface area contributed by atoms with Gasteiger partial charge in [-0.3, -0.25) is 0 Å². The molecule has 1 aromatic heterocycles. The predicted molar refractivity (Wildman–Crippen MR) is 84.4 cm³/mol. The second-order valence-corrected chi connectivity index (χ2v) is 5.12. The van der Waals surface area contributed by atoms with Crippen LogP contribution in [0.5, 0.6) is 0 Å². The molecule has 0 saturated carbocycles. The Morgan fingerprint density at radius 1 is 1.00 bits per heavy atom. The zero-order chi connectivity index (χ0) is 13.9. The van der Waals surface area contributed by atoms with Gasteiger partial charge in [-0.2, -0.15) is 0 Å². The first-order valence-electron chi connectivity index (χ1n) is 6.85. The molecule has 0 radical (unpaired) electrons. The van der Waals surface area contributed by atoms with Gasteiger partial charge in [-0.25, -0.2) is 0 Å². The molecular formula is C17H19N3. The molecule has 1 heterocycles. The van der Waals surface area contributed by atoms with Gasteiger partial charge in [0, 0.05) is 35.4 Å². The normalized spacial score (nSPS) is 11.1. The molecule has 3 heteroatoms. The number of rotatable bonds is 4. The van der Waals surface area contributed by atoms with E-state index in [1.54, 1.807) is 0 Å². The fourth-order valence-electron chi connectivity index (χ4n) is 2.53. The molecule has 3 aromatic rings. The maximum absolute atomic E-state index is 5.69. The van der Waals surface area contributed by atoms with Crippen molar-refractivity contribution in [3.05, 3.63) is 65.4 Å². The van der Waals surface area contributed by atoms with E-state index in [1.165, 1.54) is 27.7 Å². The number of hydrogen-bond donors (Lipinski definition) is 3. The van der Waals surface area contributed by atoms with Gasteiger partial charge in [0.05, 0.1) is 0 Å². The van der Waals surface area contributed by atoms with E-state index in [1.807, 2.05) is 12.1 Å². The summed E-state index contributed by atoms with van der Waals surface area (Å²) >= 11 is 0. The number of anilines is 1. The summed E-state index contributed by atoms with van der Waals surface area (Å²) in [7, 11) is 0. The lowest BCUT2D eigenvalue weighted by Gasteiger charge is -2.06. The van der Waals surface area contributed by atoms with Gasteiger partial charge < -0.3 is 16.0 Å². The highest BCUT2D eigenvalue weighted by atomic mass is 14.9. The number of hydrogen-bond acceptors (Lipinski definition) is 2. The molecule has 3 nitrogen and oxygen atoms in total. The zero-order valence-electron chi connectivity index (χ0n) is 11.6. The van der Waals surface area contributed by atoms with E-state index in [-0.39, 0.29) is 0 Å². The number of benzene rings is 2. The van der Waals surface area contributed by atoms with E-state index < -0.39 is 0 Å². The number of nitrogens with two attached hydrogens (primary N) is 1. The quantitative estimate of drug-likeness (QED) is 0.634. The van der Waals surface area contributed by atoms with Crippen LogP contribution in [0.25, 0.3) is 10.9 Å². The summed E-state index contributed by atoms with van der Waals surface area (Å²) in [5.41, 5.74) is 11.5. The molecule has 0 bridgehead atoms. The molecule has 20 heavy (non-hydrogen) atoms. The smallest absolute Gasteiger partial charge is 0.0459 e. The van der Waals surface area contributed by atoms with Crippen LogP contribution in [0.15, 0.2) is 48.5 Å². The molecule has 3 rings (SSSR count). The van der Waals surface area contributed by atoms with Gasteiger partial charge in [0.1, 0.15) is 0 Å². The Bertz CT molecular complexity index is 711. The van der Waals surface area contributed by atoms with Crippen molar-refractivity contribution in [3.63, 3.8) is 0 Å². The Morgan fingerprint density at radius 2 is 1.75 bits per heavy atom. The highest BCUT2D eigenvalue weighted by Gasteiger charge is 2.06. The number of para-hydroxylation sites is 1. The fourth-order valence-corrected chi connectivity index (χ4v) is 2.53. The summed E-state index contributed by atoms with van der Waals surface area (Å²) in [5, 5.41) is 4.80. The second-order valence-electron chi connectivity index (χ2n) is 5.12. The zero-order valence-corrected chi connectivity index (χ0v) is 11.6. The summed E-state index contributed by atoms with van der Waals surface area (Å²) in [6.45, 7) is 3.83. The first-order valence-corrected chi connectivity index (χ1v) is 6.85. The minimum atomic E-state index is 0.807. The summed E-state index contributed by atoms with van der Waals surface area (Å²) in [6.07, 6.45) is 0. The summed E-state index contributed by atoms with van der Waals surface area (Å²) in [6, 6.07) is 16.4. The third-order valence-electron chi connectivity index (χ3n) is 3.64. The van der Waals surface area contributed by atoms with Crippen LogP contribution < -0.4 is 11.1 Å². The van der Waals surface area contributed by atoms with Gasteiger partial charge in [0.25, 0.3) is 0 Å². The molecule has 4 N–H and O–H groups in total. The van der Waals surface area contributed by atoms with Gasteiger partial charge in [-0.05, 0) is 36.2 Å². The Hall–Kier alpha value is -2.26. The monoisotopic (exact) mass is 265 g/mol. The summed E-state index contributed by atoms with van der Waals surface area (Å²) in [5.74, 6) is 0. The number of nitrogen functional groups attached to an aromatic ring is 1. The lowest BCUT2D eigenvalue weighted by atomic mass is 10.1. The fraction of sp³-hybridized carbons (Fsp3) is 0.176. The van der Waals surface area contributed by atoms with Crippen molar-refractivity contribution in [1.29, 1.82) is 0 Å². The number of H-pyrrole nitrogens is 1. The molecule has 0 saturated heterocycles. The van der Waals surface area contributed by atoms with Crippen LogP contribution in [0.3, 0.4) is 0 Å². The molecule has 102 valence electrons. The third-order valence-corrected chi connectivity index (χ3v) is 3.64.